The van der Waals surface area contributed by atoms with E-state index in [9.17, 15) is 9.59 Å². The molecule has 1 aliphatic heterocycles. The van der Waals surface area contributed by atoms with Crippen molar-refractivity contribution in [3.05, 3.63) is 63.6 Å². The van der Waals surface area contributed by atoms with Crippen molar-refractivity contribution in [2.45, 2.75) is 0 Å². The molecule has 0 aliphatic carbocycles. The van der Waals surface area contributed by atoms with Gasteiger partial charge in [0.15, 0.2) is 0 Å². The molecular weight excluding hydrogens is 285 g/mol. The van der Waals surface area contributed by atoms with Gasteiger partial charge in [-0.15, -0.1) is 0 Å². The molecule has 0 unspecified atom stereocenters. The Bertz CT molecular complexity index is 677. The normalized spacial score (nSPS) is 13.9. The van der Waals surface area contributed by atoms with Crippen LogP contribution in [-0.4, -0.2) is 11.8 Å². The molecule has 0 saturated carbocycles. The first-order valence-electron chi connectivity index (χ1n) is 5.52. The van der Waals surface area contributed by atoms with E-state index in [-0.39, 0.29) is 16.8 Å². The third-order valence-corrected chi connectivity index (χ3v) is 3.48. The number of nitrogens with zero attached hydrogens (tertiary/aromatic N) is 1. The average Bonchev–Trinajstić information content (AvgIpc) is 2.64. The van der Waals surface area contributed by atoms with Gasteiger partial charge in [-0.05, 0) is 30.3 Å². The summed E-state index contributed by atoms with van der Waals surface area (Å²) < 4.78 is 0. The molecule has 1 aliphatic rings. The SMILES string of the molecule is O=C1c2ccccc2C(=O)N1c1ccc(Cl)cc1Cl. The van der Waals surface area contributed by atoms with E-state index in [4.69, 9.17) is 23.2 Å². The van der Waals surface area contributed by atoms with Crippen molar-refractivity contribution in [2.75, 3.05) is 4.90 Å². The molecule has 0 fully saturated rings. The van der Waals surface area contributed by atoms with Gasteiger partial charge in [-0.2, -0.15) is 0 Å². The largest absolute Gasteiger partial charge is 0.268 e. The maximum atomic E-state index is 12.3. The summed E-state index contributed by atoms with van der Waals surface area (Å²) in [7, 11) is 0. The smallest absolute Gasteiger partial charge is 0.266 e. The first kappa shape index (κ1) is 12.2. The molecule has 0 N–H and O–H groups in total. The van der Waals surface area contributed by atoms with Crippen LogP contribution in [0.2, 0.25) is 10.0 Å². The molecule has 0 radical (unpaired) electrons. The van der Waals surface area contributed by atoms with Gasteiger partial charge in [-0.25, -0.2) is 4.90 Å². The highest BCUT2D eigenvalue weighted by Crippen LogP contribution is 2.34. The molecule has 0 spiro atoms. The highest BCUT2D eigenvalue weighted by molar-refractivity contribution is 6.41. The van der Waals surface area contributed by atoms with Crippen molar-refractivity contribution < 1.29 is 9.59 Å². The summed E-state index contributed by atoms with van der Waals surface area (Å²) in [5.74, 6) is -0.741. The maximum absolute atomic E-state index is 12.3. The molecule has 19 heavy (non-hydrogen) atoms. The molecule has 3 rings (SSSR count). The maximum Gasteiger partial charge on any atom is 0.266 e. The minimum atomic E-state index is -0.371. The average molecular weight is 292 g/mol. The summed E-state index contributed by atoms with van der Waals surface area (Å²) in [4.78, 5) is 25.6. The molecule has 1 heterocycles. The molecule has 94 valence electrons. The van der Waals surface area contributed by atoms with Crippen LogP contribution in [0.4, 0.5) is 5.69 Å². The van der Waals surface area contributed by atoms with E-state index in [1.54, 1.807) is 36.4 Å². The molecule has 5 heteroatoms. The van der Waals surface area contributed by atoms with Gasteiger partial charge >= 0.3 is 0 Å². The van der Waals surface area contributed by atoms with Crippen LogP contribution >= 0.6 is 23.2 Å². The number of hydrogen-bond acceptors (Lipinski definition) is 2. The van der Waals surface area contributed by atoms with Gasteiger partial charge in [0.25, 0.3) is 11.8 Å². The summed E-state index contributed by atoms with van der Waals surface area (Å²) in [6, 6.07) is 11.3. The highest BCUT2D eigenvalue weighted by atomic mass is 35.5. The highest BCUT2D eigenvalue weighted by Gasteiger charge is 2.37. The van der Waals surface area contributed by atoms with E-state index in [1.807, 2.05) is 0 Å². The van der Waals surface area contributed by atoms with Crippen LogP contribution in [0.25, 0.3) is 0 Å². The van der Waals surface area contributed by atoms with Crippen molar-refractivity contribution in [1.29, 1.82) is 0 Å². The molecule has 3 nitrogen and oxygen atoms in total. The van der Waals surface area contributed by atoms with Crippen LogP contribution in [-0.2, 0) is 0 Å². The van der Waals surface area contributed by atoms with E-state index in [2.05, 4.69) is 0 Å². The number of rotatable bonds is 1. The van der Waals surface area contributed by atoms with Crippen LogP contribution in [0, 0.1) is 0 Å². The van der Waals surface area contributed by atoms with E-state index in [0.29, 0.717) is 21.8 Å². The Morgan fingerprint density at radius 2 is 1.42 bits per heavy atom. The van der Waals surface area contributed by atoms with Crippen molar-refractivity contribution in [1.82, 2.24) is 0 Å². The van der Waals surface area contributed by atoms with Gasteiger partial charge in [0.05, 0.1) is 21.8 Å². The van der Waals surface area contributed by atoms with Crippen molar-refractivity contribution in [2.24, 2.45) is 0 Å². The van der Waals surface area contributed by atoms with Crippen LogP contribution in [0.1, 0.15) is 20.7 Å². The van der Waals surface area contributed by atoms with Crippen LogP contribution in [0.5, 0.6) is 0 Å². The Morgan fingerprint density at radius 1 is 0.842 bits per heavy atom. The van der Waals surface area contributed by atoms with Crippen molar-refractivity contribution >= 4 is 40.7 Å². The van der Waals surface area contributed by atoms with Gasteiger partial charge in [0, 0.05) is 5.02 Å². The molecule has 2 aromatic rings. The number of carbonyl (C=O) groups is 2. The Labute approximate surface area is 119 Å². The van der Waals surface area contributed by atoms with Gasteiger partial charge < -0.3 is 0 Å². The zero-order valence-electron chi connectivity index (χ0n) is 9.56. The molecular formula is C14H7Cl2NO2. The number of fused-ring (bicyclic) bond motifs is 1. The number of hydrogen-bond donors (Lipinski definition) is 0. The second-order valence-corrected chi connectivity index (χ2v) is 4.93. The third kappa shape index (κ3) is 1.82. The fourth-order valence-corrected chi connectivity index (χ4v) is 2.56. The van der Waals surface area contributed by atoms with Crippen LogP contribution in [0.3, 0.4) is 0 Å². The zero-order chi connectivity index (χ0) is 13.6. The lowest BCUT2D eigenvalue weighted by Crippen LogP contribution is -2.29. The minimum Gasteiger partial charge on any atom is -0.268 e. The van der Waals surface area contributed by atoms with Gasteiger partial charge in [0.1, 0.15) is 0 Å². The van der Waals surface area contributed by atoms with E-state index >= 15 is 0 Å². The summed E-state index contributed by atoms with van der Waals surface area (Å²) in [5, 5.41) is 0.715. The van der Waals surface area contributed by atoms with Crippen molar-refractivity contribution in [3.8, 4) is 0 Å². The molecule has 0 bridgehead atoms. The first-order chi connectivity index (χ1) is 9.09. The fraction of sp³-hybridized carbons (Fsp3) is 0. The lowest BCUT2D eigenvalue weighted by molar-refractivity contribution is 0.0926. The number of anilines is 1. The molecule has 0 atom stereocenters. The first-order valence-corrected chi connectivity index (χ1v) is 6.28. The van der Waals surface area contributed by atoms with E-state index in [1.165, 1.54) is 6.07 Å². The van der Waals surface area contributed by atoms with Crippen LogP contribution < -0.4 is 4.90 Å². The second-order valence-electron chi connectivity index (χ2n) is 4.09. The molecule has 2 aromatic carbocycles. The van der Waals surface area contributed by atoms with E-state index < -0.39 is 0 Å². The quantitative estimate of drug-likeness (QED) is 0.750. The van der Waals surface area contributed by atoms with Gasteiger partial charge in [-0.1, -0.05) is 35.3 Å². The number of carbonyl (C=O) groups excluding carboxylic acids is 2. The molecule has 0 aromatic heterocycles. The predicted molar refractivity (Wildman–Crippen MR) is 74.0 cm³/mol. The van der Waals surface area contributed by atoms with Gasteiger partial charge in [-0.3, -0.25) is 9.59 Å². The summed E-state index contributed by atoms with van der Waals surface area (Å²) in [6.45, 7) is 0. The summed E-state index contributed by atoms with van der Waals surface area (Å²) in [5.41, 5.74) is 1.12. The number of amides is 2. The minimum absolute atomic E-state index is 0.266. The number of halogens is 2. The standard InChI is InChI=1S/C14H7Cl2NO2/c15-8-5-6-12(11(16)7-8)17-13(18)9-3-1-2-4-10(9)14(17)19/h1-7H. The van der Waals surface area contributed by atoms with Crippen molar-refractivity contribution in [3.63, 3.8) is 0 Å². The summed E-state index contributed by atoms with van der Waals surface area (Å²) >= 11 is 11.9. The molecule has 2 amide bonds. The van der Waals surface area contributed by atoms with E-state index in [0.717, 1.165) is 4.90 Å². The Morgan fingerprint density at radius 3 is 1.95 bits per heavy atom. The Hall–Kier alpha value is -1.84. The lowest BCUT2D eigenvalue weighted by Gasteiger charge is -2.15. The molecule has 0 saturated heterocycles. The third-order valence-electron chi connectivity index (χ3n) is 2.94. The second kappa shape index (κ2) is 4.37. The topological polar surface area (TPSA) is 37.4 Å². The zero-order valence-corrected chi connectivity index (χ0v) is 11.1. The van der Waals surface area contributed by atoms with Gasteiger partial charge in [0.2, 0.25) is 0 Å². The number of benzene rings is 2. The number of imide groups is 1. The summed E-state index contributed by atoms with van der Waals surface area (Å²) in [6.07, 6.45) is 0. The predicted octanol–water partition coefficient (Wildman–Crippen LogP) is 3.79. The Balaban J connectivity index is 2.14. The Kier molecular flexibility index (Phi) is 2.81. The lowest BCUT2D eigenvalue weighted by atomic mass is 10.1. The van der Waals surface area contributed by atoms with Crippen LogP contribution in [0.15, 0.2) is 42.5 Å². The monoisotopic (exact) mass is 291 g/mol. The fourth-order valence-electron chi connectivity index (χ4n) is 2.07.